The van der Waals surface area contributed by atoms with Gasteiger partial charge < -0.3 is 10.6 Å². The molecule has 2 N–H and O–H groups in total. The number of nitro groups is 1. The van der Waals surface area contributed by atoms with Crippen LogP contribution in [0.15, 0.2) is 12.1 Å². The van der Waals surface area contributed by atoms with E-state index in [9.17, 15) is 14.9 Å². The predicted molar refractivity (Wildman–Crippen MR) is 106 cm³/mol. The van der Waals surface area contributed by atoms with Gasteiger partial charge in [-0.05, 0) is 44.0 Å². The summed E-state index contributed by atoms with van der Waals surface area (Å²) in [5.74, 6) is 0.510. The lowest BCUT2D eigenvalue weighted by molar-refractivity contribution is -0.385. The van der Waals surface area contributed by atoms with Crippen molar-refractivity contribution in [2.75, 3.05) is 25.0 Å². The Hall–Kier alpha value is -2.66. The highest BCUT2D eigenvalue weighted by Crippen LogP contribution is 2.26. The Balaban J connectivity index is 2.84. The molecule has 1 aromatic carbocycles. The van der Waals surface area contributed by atoms with Crippen LogP contribution in [-0.4, -0.2) is 41.5 Å². The maximum atomic E-state index is 12.3. The molecule has 0 radical (unpaired) electrons. The molecule has 0 fully saturated rings. The first-order chi connectivity index (χ1) is 12.7. The third-order valence-electron chi connectivity index (χ3n) is 4.48. The minimum atomic E-state index is -0.601. The van der Waals surface area contributed by atoms with Gasteiger partial charge in [0, 0.05) is 24.3 Å². The van der Waals surface area contributed by atoms with E-state index in [1.807, 2.05) is 0 Å². The maximum absolute atomic E-state index is 12.3. The van der Waals surface area contributed by atoms with Crippen molar-refractivity contribution in [3.05, 3.63) is 33.4 Å². The molecule has 1 aromatic rings. The molecular weight excluding hydrogens is 346 g/mol. The summed E-state index contributed by atoms with van der Waals surface area (Å²) < 4.78 is 0. The van der Waals surface area contributed by atoms with Crippen LogP contribution in [0.5, 0.6) is 0 Å². The molecule has 0 saturated heterocycles. The highest BCUT2D eigenvalue weighted by Gasteiger charge is 2.20. The van der Waals surface area contributed by atoms with E-state index >= 15 is 0 Å². The van der Waals surface area contributed by atoms with E-state index in [0.717, 1.165) is 19.5 Å². The fraction of sp³-hybridized carbons (Fsp3) is 0.579. The van der Waals surface area contributed by atoms with Crippen LogP contribution in [0.3, 0.4) is 0 Å². The first-order valence-electron chi connectivity index (χ1n) is 9.21. The topological polar surface area (TPSA) is 111 Å². The zero-order valence-electron chi connectivity index (χ0n) is 16.7. The number of amides is 2. The number of carbonyl (C=O) groups is 1. The molecule has 0 aliphatic carbocycles. The van der Waals surface area contributed by atoms with Crippen molar-refractivity contribution in [2.45, 2.75) is 47.1 Å². The SMILES string of the molecule is CCN(CC)C(CNC(=O)Nc1cc(C#N)c([N+](=O)[O-])cc1C)CC(C)C. The molecule has 0 spiro atoms. The van der Waals surface area contributed by atoms with E-state index < -0.39 is 11.0 Å². The predicted octanol–water partition coefficient (Wildman–Crippen LogP) is 3.65. The van der Waals surface area contributed by atoms with Gasteiger partial charge in [-0.15, -0.1) is 0 Å². The monoisotopic (exact) mass is 375 g/mol. The fourth-order valence-corrected chi connectivity index (χ4v) is 3.09. The first-order valence-corrected chi connectivity index (χ1v) is 9.21. The number of urea groups is 1. The van der Waals surface area contributed by atoms with Crippen LogP contribution in [0.2, 0.25) is 0 Å². The molecule has 8 heteroatoms. The number of nitrogens with one attached hydrogen (secondary N) is 2. The lowest BCUT2D eigenvalue weighted by atomic mass is 10.0. The van der Waals surface area contributed by atoms with Gasteiger partial charge in [-0.1, -0.05) is 27.7 Å². The summed E-state index contributed by atoms with van der Waals surface area (Å²) in [7, 11) is 0. The van der Waals surface area contributed by atoms with Gasteiger partial charge >= 0.3 is 6.03 Å². The normalized spacial score (nSPS) is 11.9. The summed E-state index contributed by atoms with van der Waals surface area (Å²) in [6, 6.07) is 4.28. The van der Waals surface area contributed by atoms with Crippen LogP contribution < -0.4 is 10.6 Å². The van der Waals surface area contributed by atoms with Crippen LogP contribution in [-0.2, 0) is 0 Å². The number of anilines is 1. The summed E-state index contributed by atoms with van der Waals surface area (Å²) in [5, 5.41) is 25.7. The summed E-state index contributed by atoms with van der Waals surface area (Å²) >= 11 is 0. The number of aryl methyl sites for hydroxylation is 1. The van der Waals surface area contributed by atoms with Crippen molar-refractivity contribution in [3.8, 4) is 6.07 Å². The molecule has 0 aliphatic heterocycles. The average molecular weight is 375 g/mol. The number of likely N-dealkylation sites (N-methyl/N-ethyl adjacent to an activating group) is 1. The van der Waals surface area contributed by atoms with Gasteiger partial charge in [0.05, 0.1) is 4.92 Å². The van der Waals surface area contributed by atoms with E-state index in [0.29, 0.717) is 23.7 Å². The number of hydrogen-bond acceptors (Lipinski definition) is 5. The summed E-state index contributed by atoms with van der Waals surface area (Å²) in [6.45, 7) is 12.5. The Bertz CT molecular complexity index is 708. The molecule has 1 rings (SSSR count). The molecular formula is C19H29N5O3. The van der Waals surface area contributed by atoms with Crippen LogP contribution in [0, 0.1) is 34.3 Å². The van der Waals surface area contributed by atoms with Gasteiger partial charge in [-0.25, -0.2) is 4.79 Å². The molecule has 8 nitrogen and oxygen atoms in total. The standard InChI is InChI=1S/C19H29N5O3/c1-6-23(7-2)16(8-13(3)4)12-21-19(25)22-17-10-15(11-20)18(24(26)27)9-14(17)5/h9-10,13,16H,6-8,12H2,1-5H3,(H2,21,22,25). The number of benzene rings is 1. The molecule has 0 heterocycles. The minimum absolute atomic E-state index is 0.0817. The summed E-state index contributed by atoms with van der Waals surface area (Å²) in [5.41, 5.74) is 0.567. The highest BCUT2D eigenvalue weighted by molar-refractivity contribution is 5.90. The third-order valence-corrected chi connectivity index (χ3v) is 4.48. The number of nitriles is 1. The molecule has 0 aliphatic rings. The van der Waals surface area contributed by atoms with E-state index in [-0.39, 0.29) is 17.3 Å². The molecule has 2 amide bonds. The second-order valence-electron chi connectivity index (χ2n) is 6.89. The highest BCUT2D eigenvalue weighted by atomic mass is 16.6. The Labute approximate surface area is 160 Å². The lowest BCUT2D eigenvalue weighted by Gasteiger charge is -2.31. The number of nitro benzene ring substituents is 1. The Kier molecular flexibility index (Phi) is 8.69. The number of rotatable bonds is 9. The van der Waals surface area contributed by atoms with Gasteiger partial charge in [0.1, 0.15) is 11.6 Å². The number of carbonyl (C=O) groups excluding carboxylic acids is 1. The maximum Gasteiger partial charge on any atom is 0.319 e. The van der Waals surface area contributed by atoms with Crippen LogP contribution in [0.25, 0.3) is 0 Å². The van der Waals surface area contributed by atoms with Gasteiger partial charge in [0.15, 0.2) is 0 Å². The van der Waals surface area contributed by atoms with Gasteiger partial charge in [0.2, 0.25) is 0 Å². The van der Waals surface area contributed by atoms with Crippen molar-refractivity contribution in [1.82, 2.24) is 10.2 Å². The van der Waals surface area contributed by atoms with Crippen molar-refractivity contribution >= 4 is 17.4 Å². The van der Waals surface area contributed by atoms with Crippen molar-refractivity contribution in [2.24, 2.45) is 5.92 Å². The number of hydrogen-bond donors (Lipinski definition) is 2. The Morgan fingerprint density at radius 2 is 1.96 bits per heavy atom. The molecule has 0 bridgehead atoms. The smallest absolute Gasteiger partial charge is 0.319 e. The molecule has 1 unspecified atom stereocenters. The van der Waals surface area contributed by atoms with E-state index in [1.54, 1.807) is 13.0 Å². The van der Waals surface area contributed by atoms with Crippen LogP contribution in [0.4, 0.5) is 16.2 Å². The average Bonchev–Trinajstić information content (AvgIpc) is 2.61. The van der Waals surface area contributed by atoms with E-state index in [2.05, 4.69) is 43.2 Å². The van der Waals surface area contributed by atoms with Crippen molar-refractivity contribution in [3.63, 3.8) is 0 Å². The Morgan fingerprint density at radius 1 is 1.33 bits per heavy atom. The van der Waals surface area contributed by atoms with E-state index in [1.165, 1.54) is 12.1 Å². The second-order valence-corrected chi connectivity index (χ2v) is 6.89. The van der Waals surface area contributed by atoms with Crippen molar-refractivity contribution < 1.29 is 9.72 Å². The second kappa shape index (κ2) is 10.5. The van der Waals surface area contributed by atoms with Gasteiger partial charge in [-0.3, -0.25) is 15.0 Å². The molecule has 0 aromatic heterocycles. The summed E-state index contributed by atoms with van der Waals surface area (Å²) in [4.78, 5) is 25.0. The molecule has 0 saturated carbocycles. The zero-order valence-corrected chi connectivity index (χ0v) is 16.7. The number of nitrogens with zero attached hydrogens (tertiary/aromatic N) is 3. The van der Waals surface area contributed by atoms with Gasteiger partial charge in [-0.2, -0.15) is 5.26 Å². The largest absolute Gasteiger partial charge is 0.336 e. The molecule has 1 atom stereocenters. The molecule has 148 valence electrons. The van der Waals surface area contributed by atoms with Crippen LogP contribution >= 0.6 is 0 Å². The quantitative estimate of drug-likeness (QED) is 0.505. The minimum Gasteiger partial charge on any atom is -0.336 e. The van der Waals surface area contributed by atoms with Crippen LogP contribution in [0.1, 0.15) is 45.2 Å². The molecule has 27 heavy (non-hydrogen) atoms. The lowest BCUT2D eigenvalue weighted by Crippen LogP contribution is -2.45. The zero-order chi connectivity index (χ0) is 20.6. The fourth-order valence-electron chi connectivity index (χ4n) is 3.09. The van der Waals surface area contributed by atoms with Crippen molar-refractivity contribution in [1.29, 1.82) is 5.26 Å². The van der Waals surface area contributed by atoms with Gasteiger partial charge in [0.25, 0.3) is 5.69 Å². The first kappa shape index (κ1) is 22.4. The van der Waals surface area contributed by atoms with E-state index in [4.69, 9.17) is 5.26 Å². The summed E-state index contributed by atoms with van der Waals surface area (Å²) in [6.07, 6.45) is 0.969. The third kappa shape index (κ3) is 6.53. The Morgan fingerprint density at radius 3 is 2.44 bits per heavy atom.